The van der Waals surface area contributed by atoms with Gasteiger partial charge in [-0.05, 0) is 43.0 Å². The number of H-pyrrole nitrogens is 1. The Hall–Kier alpha value is -2.47. The number of aromatic amines is 1. The van der Waals surface area contributed by atoms with E-state index in [1.54, 1.807) is 0 Å². The first-order valence-electron chi connectivity index (χ1n) is 9.12. The first-order valence-corrected chi connectivity index (χ1v) is 10.1. The molecule has 1 aromatic heterocycles. The molecule has 2 N–H and O–H groups in total. The van der Waals surface area contributed by atoms with E-state index in [0.717, 1.165) is 38.8 Å². The Morgan fingerprint density at radius 3 is 2.85 bits per heavy atom. The van der Waals surface area contributed by atoms with Crippen molar-refractivity contribution in [2.45, 2.75) is 38.8 Å². The number of fused-ring (bicyclic) bond motifs is 1. The van der Waals surface area contributed by atoms with Gasteiger partial charge in [-0.3, -0.25) is 4.79 Å². The zero-order chi connectivity index (χ0) is 19.4. The van der Waals surface area contributed by atoms with Crippen molar-refractivity contribution in [3.8, 4) is 5.75 Å². The van der Waals surface area contributed by atoms with Gasteiger partial charge in [0, 0.05) is 11.8 Å². The van der Waals surface area contributed by atoms with Crippen LogP contribution in [0.3, 0.4) is 0 Å². The fourth-order valence-corrected chi connectivity index (χ4v) is 3.63. The van der Waals surface area contributed by atoms with Crippen LogP contribution in [0.2, 0.25) is 0 Å². The molecule has 0 atom stereocenters. The van der Waals surface area contributed by atoms with Gasteiger partial charge in [0.1, 0.15) is 5.75 Å². The van der Waals surface area contributed by atoms with Crippen molar-refractivity contribution < 1.29 is 9.53 Å². The molecule has 0 saturated heterocycles. The number of amides is 1. The number of imidazole rings is 1. The molecule has 0 bridgehead atoms. The topological polar surface area (TPSA) is 67.0 Å². The third-order valence-electron chi connectivity index (χ3n) is 4.27. The number of aryl methyl sites for hydroxylation is 1. The zero-order valence-electron chi connectivity index (χ0n) is 16.1. The van der Waals surface area contributed by atoms with Gasteiger partial charge in [0.2, 0.25) is 5.91 Å². The highest BCUT2D eigenvalue weighted by atomic mass is 32.2. The van der Waals surface area contributed by atoms with Crippen molar-refractivity contribution >= 4 is 34.4 Å². The van der Waals surface area contributed by atoms with Crippen molar-refractivity contribution in [1.29, 1.82) is 0 Å². The average Bonchev–Trinajstić information content (AvgIpc) is 3.04. The molecule has 27 heavy (non-hydrogen) atoms. The van der Waals surface area contributed by atoms with E-state index in [2.05, 4.69) is 35.2 Å². The molecule has 0 spiro atoms. The van der Waals surface area contributed by atoms with Gasteiger partial charge >= 0.3 is 0 Å². The number of anilines is 1. The van der Waals surface area contributed by atoms with Crippen LogP contribution in [0, 0.1) is 6.92 Å². The monoisotopic (exact) mass is 383 g/mol. The number of nitrogens with one attached hydrogen (secondary N) is 2. The molecule has 142 valence electrons. The van der Waals surface area contributed by atoms with Gasteiger partial charge in [0.25, 0.3) is 0 Å². The molecule has 3 rings (SSSR count). The molecular formula is C21H25N3O2S. The molecule has 0 unspecified atom stereocenters. The second kappa shape index (κ2) is 8.48. The first-order chi connectivity index (χ1) is 13.0. The number of aromatic nitrogens is 2. The summed E-state index contributed by atoms with van der Waals surface area (Å²) in [6, 6.07) is 11.9. The van der Waals surface area contributed by atoms with Crippen molar-refractivity contribution in [1.82, 2.24) is 9.97 Å². The van der Waals surface area contributed by atoms with Gasteiger partial charge in [0.05, 0.1) is 23.4 Å². The minimum Gasteiger partial charge on any atom is -0.494 e. The number of carbonyl (C=O) groups is 1. The second-order valence-corrected chi connectivity index (χ2v) is 7.65. The number of ether oxygens (including phenoxy) is 1. The van der Waals surface area contributed by atoms with E-state index in [-0.39, 0.29) is 5.91 Å². The lowest BCUT2D eigenvalue weighted by Gasteiger charge is -2.16. The highest BCUT2D eigenvalue weighted by molar-refractivity contribution is 7.99. The fraction of sp³-hybridized carbons (Fsp3) is 0.333. The maximum Gasteiger partial charge on any atom is 0.234 e. The number of rotatable bonds is 7. The number of benzene rings is 2. The quantitative estimate of drug-likeness (QED) is 0.556. The Morgan fingerprint density at radius 2 is 2.11 bits per heavy atom. The second-order valence-electron chi connectivity index (χ2n) is 6.68. The Morgan fingerprint density at radius 1 is 1.30 bits per heavy atom. The number of nitrogens with zero attached hydrogens (tertiary/aromatic N) is 1. The van der Waals surface area contributed by atoms with E-state index < -0.39 is 0 Å². The van der Waals surface area contributed by atoms with Crippen LogP contribution in [-0.2, 0) is 4.79 Å². The molecule has 1 amide bonds. The highest BCUT2D eigenvalue weighted by Crippen LogP contribution is 2.28. The summed E-state index contributed by atoms with van der Waals surface area (Å²) >= 11 is 1.39. The first kappa shape index (κ1) is 19.3. The maximum atomic E-state index is 12.5. The van der Waals surface area contributed by atoms with E-state index in [1.807, 2.05) is 44.2 Å². The highest BCUT2D eigenvalue weighted by Gasteiger charge is 2.13. The Bertz CT molecular complexity index is 950. The lowest BCUT2D eigenvalue weighted by molar-refractivity contribution is -0.113. The van der Waals surface area contributed by atoms with Crippen molar-refractivity contribution in [3.63, 3.8) is 0 Å². The molecule has 0 aliphatic rings. The molecule has 0 radical (unpaired) electrons. The van der Waals surface area contributed by atoms with Crippen LogP contribution in [0.5, 0.6) is 5.75 Å². The molecule has 3 aromatic rings. The molecule has 2 aromatic carbocycles. The van der Waals surface area contributed by atoms with Crippen molar-refractivity contribution in [2.24, 2.45) is 0 Å². The summed E-state index contributed by atoms with van der Waals surface area (Å²) in [7, 11) is 0. The minimum atomic E-state index is -0.0355. The normalized spacial score (nSPS) is 11.1. The summed E-state index contributed by atoms with van der Waals surface area (Å²) in [6.45, 7) is 8.85. The number of thioether (sulfide) groups is 1. The van der Waals surface area contributed by atoms with E-state index >= 15 is 0 Å². The largest absolute Gasteiger partial charge is 0.494 e. The minimum absolute atomic E-state index is 0.0355. The lowest BCUT2D eigenvalue weighted by Crippen LogP contribution is -2.16. The molecule has 5 nitrogen and oxygen atoms in total. The van der Waals surface area contributed by atoms with Gasteiger partial charge < -0.3 is 15.0 Å². The maximum absolute atomic E-state index is 12.5. The summed E-state index contributed by atoms with van der Waals surface area (Å²) < 4.78 is 5.51. The number of carbonyl (C=O) groups excluding carboxylic acids is 1. The number of para-hydroxylation sites is 1. The Kier molecular flexibility index (Phi) is 6.06. The van der Waals surface area contributed by atoms with Crippen LogP contribution in [0.4, 0.5) is 5.69 Å². The third kappa shape index (κ3) is 4.63. The smallest absolute Gasteiger partial charge is 0.234 e. The summed E-state index contributed by atoms with van der Waals surface area (Å²) in [5.41, 5.74) is 4.92. The predicted molar refractivity (Wildman–Crippen MR) is 112 cm³/mol. The Balaban J connectivity index is 1.67. The fourth-order valence-electron chi connectivity index (χ4n) is 2.94. The number of hydrogen-bond donors (Lipinski definition) is 2. The van der Waals surface area contributed by atoms with E-state index in [0.29, 0.717) is 18.3 Å². The van der Waals surface area contributed by atoms with Gasteiger partial charge in [-0.15, -0.1) is 0 Å². The van der Waals surface area contributed by atoms with Crippen LogP contribution in [0.1, 0.15) is 37.8 Å². The number of hydrogen-bond acceptors (Lipinski definition) is 4. The van der Waals surface area contributed by atoms with Gasteiger partial charge in [0.15, 0.2) is 5.16 Å². The molecule has 6 heteroatoms. The van der Waals surface area contributed by atoms with Crippen LogP contribution in [0.15, 0.2) is 41.6 Å². The summed E-state index contributed by atoms with van der Waals surface area (Å²) in [6.07, 6.45) is 0. The Labute approximate surface area is 163 Å². The van der Waals surface area contributed by atoms with Crippen LogP contribution in [-0.4, -0.2) is 28.2 Å². The molecule has 0 fully saturated rings. The third-order valence-corrected chi connectivity index (χ3v) is 5.15. The lowest BCUT2D eigenvalue weighted by atomic mass is 9.98. The van der Waals surface area contributed by atoms with Crippen LogP contribution >= 0.6 is 11.8 Å². The summed E-state index contributed by atoms with van der Waals surface area (Å²) in [5.74, 6) is 1.42. The van der Waals surface area contributed by atoms with Crippen molar-refractivity contribution in [3.05, 3.63) is 47.5 Å². The standard InChI is InChI=1S/C21H25N3O2S/c1-5-26-15-9-10-17-18(11-15)23-21(22-17)27-12-19(25)24-20-14(4)7-6-8-16(20)13(2)3/h6-11,13H,5,12H2,1-4H3,(H,22,23)(H,24,25). The molecular weight excluding hydrogens is 358 g/mol. The summed E-state index contributed by atoms with van der Waals surface area (Å²) in [4.78, 5) is 20.2. The zero-order valence-corrected chi connectivity index (χ0v) is 16.9. The van der Waals surface area contributed by atoms with Gasteiger partial charge in [-0.2, -0.15) is 0 Å². The molecule has 0 aliphatic heterocycles. The van der Waals surface area contributed by atoms with Gasteiger partial charge in [-0.1, -0.05) is 43.8 Å². The van der Waals surface area contributed by atoms with Crippen LogP contribution in [0.25, 0.3) is 11.0 Å². The SMILES string of the molecule is CCOc1ccc2nc(SCC(=O)Nc3c(C)cccc3C(C)C)[nH]c2c1. The molecule has 0 saturated carbocycles. The van der Waals surface area contributed by atoms with Gasteiger partial charge in [-0.25, -0.2) is 4.98 Å². The van der Waals surface area contributed by atoms with Crippen molar-refractivity contribution in [2.75, 3.05) is 17.7 Å². The average molecular weight is 384 g/mol. The van der Waals surface area contributed by atoms with Crippen LogP contribution < -0.4 is 10.1 Å². The van der Waals surface area contributed by atoms with E-state index in [4.69, 9.17) is 4.74 Å². The van der Waals surface area contributed by atoms with E-state index in [1.165, 1.54) is 11.8 Å². The van der Waals surface area contributed by atoms with E-state index in [9.17, 15) is 4.79 Å². The molecule has 0 aliphatic carbocycles. The summed E-state index contributed by atoms with van der Waals surface area (Å²) in [5, 5.41) is 3.79. The predicted octanol–water partition coefficient (Wildman–Crippen LogP) is 5.12. The molecule has 1 heterocycles.